The molecule has 9 heavy (non-hydrogen) atoms. The van der Waals surface area contributed by atoms with Gasteiger partial charge in [-0.3, -0.25) is 0 Å². The number of hydrogen-bond acceptors (Lipinski definition) is 2. The first kappa shape index (κ1) is 7.03. The maximum Gasteiger partial charge on any atom is 0.0297 e. The van der Waals surface area contributed by atoms with Gasteiger partial charge in [-0.25, -0.2) is 0 Å². The largest absolute Gasteiger partial charge is 0.324 e. The SMILES string of the molecule is CC(C)NC1CC1(C)N. The van der Waals surface area contributed by atoms with E-state index in [1.54, 1.807) is 0 Å². The van der Waals surface area contributed by atoms with Crippen molar-refractivity contribution in [3.05, 3.63) is 0 Å². The molecule has 54 valence electrons. The zero-order valence-electron chi connectivity index (χ0n) is 6.44. The Hall–Kier alpha value is -0.0800. The van der Waals surface area contributed by atoms with Crippen molar-refractivity contribution in [2.45, 2.75) is 44.8 Å². The van der Waals surface area contributed by atoms with Crippen molar-refractivity contribution in [2.75, 3.05) is 0 Å². The van der Waals surface area contributed by atoms with Crippen LogP contribution < -0.4 is 11.1 Å². The first-order chi connectivity index (χ1) is 4.02. The third kappa shape index (κ3) is 1.66. The van der Waals surface area contributed by atoms with E-state index in [0.717, 1.165) is 6.42 Å². The topological polar surface area (TPSA) is 38.0 Å². The number of nitrogens with two attached hydrogens (primary N) is 1. The summed E-state index contributed by atoms with van der Waals surface area (Å²) in [5.74, 6) is 0. The van der Waals surface area contributed by atoms with Gasteiger partial charge in [-0.05, 0) is 13.3 Å². The van der Waals surface area contributed by atoms with E-state index in [1.807, 2.05) is 0 Å². The van der Waals surface area contributed by atoms with E-state index in [0.29, 0.717) is 12.1 Å². The highest BCUT2D eigenvalue weighted by Gasteiger charge is 2.46. The van der Waals surface area contributed by atoms with Crippen LogP contribution in [-0.4, -0.2) is 17.6 Å². The zero-order valence-corrected chi connectivity index (χ0v) is 6.44. The summed E-state index contributed by atoms with van der Waals surface area (Å²) in [5.41, 5.74) is 5.88. The molecule has 0 radical (unpaired) electrons. The first-order valence-electron chi connectivity index (χ1n) is 3.57. The molecule has 0 amide bonds. The molecule has 1 rings (SSSR count). The van der Waals surface area contributed by atoms with Gasteiger partial charge in [0.25, 0.3) is 0 Å². The Bertz CT molecular complexity index is 107. The highest BCUT2D eigenvalue weighted by molar-refractivity contribution is 5.10. The Balaban J connectivity index is 2.20. The van der Waals surface area contributed by atoms with Crippen LogP contribution in [0, 0.1) is 0 Å². The Morgan fingerprint density at radius 2 is 2.11 bits per heavy atom. The summed E-state index contributed by atoms with van der Waals surface area (Å²) < 4.78 is 0. The summed E-state index contributed by atoms with van der Waals surface area (Å²) in [7, 11) is 0. The summed E-state index contributed by atoms with van der Waals surface area (Å²) in [5, 5.41) is 3.38. The molecule has 1 fully saturated rings. The van der Waals surface area contributed by atoms with E-state index in [9.17, 15) is 0 Å². The van der Waals surface area contributed by atoms with E-state index in [2.05, 4.69) is 26.1 Å². The molecule has 1 saturated carbocycles. The van der Waals surface area contributed by atoms with Crippen LogP contribution >= 0.6 is 0 Å². The number of hydrogen-bond donors (Lipinski definition) is 2. The molecule has 2 nitrogen and oxygen atoms in total. The molecule has 1 aliphatic carbocycles. The lowest BCUT2D eigenvalue weighted by molar-refractivity contribution is 0.540. The molecular weight excluding hydrogens is 112 g/mol. The zero-order chi connectivity index (χ0) is 7.07. The lowest BCUT2D eigenvalue weighted by Crippen LogP contribution is -2.34. The predicted molar refractivity (Wildman–Crippen MR) is 39.3 cm³/mol. The second-order valence-electron chi connectivity index (χ2n) is 3.58. The van der Waals surface area contributed by atoms with Gasteiger partial charge in [0, 0.05) is 17.6 Å². The van der Waals surface area contributed by atoms with E-state index >= 15 is 0 Å². The quantitative estimate of drug-likeness (QED) is 0.567. The summed E-state index contributed by atoms with van der Waals surface area (Å²) >= 11 is 0. The normalized spacial score (nSPS) is 41.7. The Labute approximate surface area is 56.8 Å². The smallest absolute Gasteiger partial charge is 0.0297 e. The molecule has 0 aliphatic heterocycles. The highest BCUT2D eigenvalue weighted by atomic mass is 15.1. The lowest BCUT2D eigenvalue weighted by Gasteiger charge is -2.08. The molecule has 0 bridgehead atoms. The summed E-state index contributed by atoms with van der Waals surface area (Å²) in [6.07, 6.45) is 1.13. The average Bonchev–Trinajstić information content (AvgIpc) is 2.10. The van der Waals surface area contributed by atoms with E-state index in [-0.39, 0.29) is 5.54 Å². The van der Waals surface area contributed by atoms with E-state index in [1.165, 1.54) is 0 Å². The molecule has 0 heterocycles. The van der Waals surface area contributed by atoms with Gasteiger partial charge in [-0.1, -0.05) is 13.8 Å². The van der Waals surface area contributed by atoms with Crippen molar-refractivity contribution >= 4 is 0 Å². The third-order valence-corrected chi connectivity index (χ3v) is 1.81. The van der Waals surface area contributed by atoms with E-state index < -0.39 is 0 Å². The molecule has 0 saturated heterocycles. The molecule has 0 aromatic carbocycles. The molecule has 2 heteroatoms. The van der Waals surface area contributed by atoms with Gasteiger partial charge in [-0.15, -0.1) is 0 Å². The maximum atomic E-state index is 5.80. The van der Waals surface area contributed by atoms with Crippen LogP contribution in [0.15, 0.2) is 0 Å². The lowest BCUT2D eigenvalue weighted by atomic mass is 10.3. The van der Waals surface area contributed by atoms with Gasteiger partial charge in [0.1, 0.15) is 0 Å². The van der Waals surface area contributed by atoms with Gasteiger partial charge in [0.2, 0.25) is 0 Å². The first-order valence-corrected chi connectivity index (χ1v) is 3.57. The Morgan fingerprint density at radius 3 is 2.22 bits per heavy atom. The van der Waals surface area contributed by atoms with Crippen LogP contribution in [0.3, 0.4) is 0 Å². The van der Waals surface area contributed by atoms with Crippen molar-refractivity contribution in [3.8, 4) is 0 Å². The van der Waals surface area contributed by atoms with Crippen molar-refractivity contribution < 1.29 is 0 Å². The van der Waals surface area contributed by atoms with Gasteiger partial charge in [0.05, 0.1) is 0 Å². The third-order valence-electron chi connectivity index (χ3n) is 1.81. The molecule has 3 N–H and O–H groups in total. The van der Waals surface area contributed by atoms with Crippen LogP contribution in [0.25, 0.3) is 0 Å². The molecular formula is C7H16N2. The van der Waals surface area contributed by atoms with Crippen LogP contribution in [0.5, 0.6) is 0 Å². The minimum Gasteiger partial charge on any atom is -0.324 e. The monoisotopic (exact) mass is 128 g/mol. The molecule has 2 unspecified atom stereocenters. The summed E-state index contributed by atoms with van der Waals surface area (Å²) in [6, 6.07) is 1.14. The molecule has 0 aromatic heterocycles. The minimum absolute atomic E-state index is 0.0876. The van der Waals surface area contributed by atoms with Crippen molar-refractivity contribution in [2.24, 2.45) is 5.73 Å². The average molecular weight is 128 g/mol. The Morgan fingerprint density at radius 1 is 1.67 bits per heavy atom. The van der Waals surface area contributed by atoms with Crippen molar-refractivity contribution in [3.63, 3.8) is 0 Å². The van der Waals surface area contributed by atoms with Crippen LogP contribution in [0.1, 0.15) is 27.2 Å². The van der Waals surface area contributed by atoms with Crippen LogP contribution in [-0.2, 0) is 0 Å². The van der Waals surface area contributed by atoms with Crippen molar-refractivity contribution in [1.82, 2.24) is 5.32 Å². The molecule has 0 aromatic rings. The predicted octanol–water partition coefficient (Wildman–Crippen LogP) is 0.474. The maximum absolute atomic E-state index is 5.80. The van der Waals surface area contributed by atoms with Crippen LogP contribution in [0.4, 0.5) is 0 Å². The molecule has 2 atom stereocenters. The standard InChI is InChI=1S/C7H16N2/c1-5(2)9-6-4-7(6,3)8/h5-6,9H,4,8H2,1-3H3. The fourth-order valence-electron chi connectivity index (χ4n) is 1.03. The second-order valence-corrected chi connectivity index (χ2v) is 3.58. The van der Waals surface area contributed by atoms with Gasteiger partial charge < -0.3 is 11.1 Å². The van der Waals surface area contributed by atoms with Crippen molar-refractivity contribution in [1.29, 1.82) is 0 Å². The number of nitrogens with one attached hydrogen (secondary N) is 1. The molecule has 1 aliphatic rings. The fraction of sp³-hybridized carbons (Fsp3) is 1.00. The minimum atomic E-state index is 0.0876. The van der Waals surface area contributed by atoms with Gasteiger partial charge in [-0.2, -0.15) is 0 Å². The van der Waals surface area contributed by atoms with Gasteiger partial charge in [0.15, 0.2) is 0 Å². The van der Waals surface area contributed by atoms with Gasteiger partial charge >= 0.3 is 0 Å². The second kappa shape index (κ2) is 1.96. The summed E-state index contributed by atoms with van der Waals surface area (Å²) in [6.45, 7) is 6.38. The van der Waals surface area contributed by atoms with E-state index in [4.69, 9.17) is 5.73 Å². The highest BCUT2D eigenvalue weighted by Crippen LogP contribution is 2.32. The van der Waals surface area contributed by atoms with Crippen LogP contribution in [0.2, 0.25) is 0 Å². The fourth-order valence-corrected chi connectivity index (χ4v) is 1.03. The Kier molecular flexibility index (Phi) is 1.53. The number of rotatable bonds is 2. The summed E-state index contributed by atoms with van der Waals surface area (Å²) in [4.78, 5) is 0. The molecule has 0 spiro atoms.